The van der Waals surface area contributed by atoms with Crippen molar-refractivity contribution in [3.05, 3.63) is 11.0 Å². The smallest absolute Gasteiger partial charge is 0.0475 e. The number of nitrogens with two attached hydrogens (primary N) is 2. The third-order valence-electron chi connectivity index (χ3n) is 0.327. The van der Waals surface area contributed by atoms with E-state index in [1.54, 1.807) is 0 Å². The van der Waals surface area contributed by atoms with Crippen molar-refractivity contribution in [3.63, 3.8) is 0 Å². The average Bonchev–Trinajstić information content (AvgIpc) is 1.65. The van der Waals surface area contributed by atoms with Gasteiger partial charge in [-0.05, 0) is 5.34 Å². The highest BCUT2D eigenvalue weighted by Gasteiger charge is 1.91. The van der Waals surface area contributed by atoms with Gasteiger partial charge in [0.2, 0.25) is 0 Å². The highest BCUT2D eigenvalue weighted by Crippen LogP contribution is 1.11. The summed E-state index contributed by atoms with van der Waals surface area (Å²) in [5.74, 6) is 15.2. The molecule has 0 spiro atoms. The van der Waals surface area contributed by atoms with Gasteiger partial charge in [-0.25, -0.2) is 0 Å². The molecule has 0 heterocycles. The van der Waals surface area contributed by atoms with E-state index < -0.39 is 10.6 Å². The summed E-state index contributed by atoms with van der Waals surface area (Å²) in [7, 11) is 0. The summed E-state index contributed by atoms with van der Waals surface area (Å²) in [6, 6.07) is 0. The molecular formula is H7N5O2. The first-order valence-electron chi connectivity index (χ1n) is 1.43. The van der Waals surface area contributed by atoms with Crippen molar-refractivity contribution in [3.8, 4) is 0 Å². The van der Waals surface area contributed by atoms with Crippen molar-refractivity contribution in [2.24, 2.45) is 11.7 Å². The van der Waals surface area contributed by atoms with Crippen LogP contribution in [-0.2, 0) is 4.94 Å². The molecule has 7 heavy (non-hydrogen) atoms. The van der Waals surface area contributed by atoms with Crippen LogP contribution in [0.1, 0.15) is 0 Å². The second-order valence-electron chi connectivity index (χ2n) is 0.819. The molecule has 7 heteroatoms. The van der Waals surface area contributed by atoms with Gasteiger partial charge in [0.15, 0.2) is 0 Å². The molecule has 0 amide bonds. The first-order valence-corrected chi connectivity index (χ1v) is 1.43. The fourth-order valence-electron chi connectivity index (χ4n) is 0.0635. The molecule has 0 aliphatic heterocycles. The van der Waals surface area contributed by atoms with Gasteiger partial charge in [0.25, 0.3) is 0 Å². The third kappa shape index (κ3) is 2.42. The van der Waals surface area contributed by atoms with Crippen molar-refractivity contribution in [1.29, 1.82) is 0 Å². The highest BCUT2D eigenvalue weighted by molar-refractivity contribution is 3.81. The van der Waals surface area contributed by atoms with Crippen LogP contribution in [0.25, 0.3) is 5.84 Å². The molecule has 0 rings (SSSR count). The summed E-state index contributed by atoms with van der Waals surface area (Å²) >= 11 is 0. The molecule has 2 unspecified atom stereocenters. The average molecular weight is 109 g/mol. The van der Waals surface area contributed by atoms with E-state index in [9.17, 15) is 5.21 Å². The van der Waals surface area contributed by atoms with Gasteiger partial charge in [-0.15, -0.1) is 11.1 Å². The first kappa shape index (κ1) is 6.72. The van der Waals surface area contributed by atoms with E-state index in [0.717, 1.165) is 0 Å². The zero-order valence-electron chi connectivity index (χ0n) is 3.47. The lowest BCUT2D eigenvalue weighted by atomic mass is 12.2. The second-order valence-corrected chi connectivity index (χ2v) is 0.819. The van der Waals surface area contributed by atoms with Crippen LogP contribution in [0.15, 0.2) is 0 Å². The Labute approximate surface area is 39.6 Å². The van der Waals surface area contributed by atoms with Gasteiger partial charge in [-0.2, -0.15) is 5.90 Å². The topological polar surface area (TPSA) is 117 Å². The molecule has 2 atom stereocenters. The lowest BCUT2D eigenvalue weighted by molar-refractivity contribution is -1.55. The molecule has 0 fully saturated rings. The Morgan fingerprint density at radius 2 is 2.14 bits per heavy atom. The molecular weight excluding hydrogens is 102 g/mol. The van der Waals surface area contributed by atoms with Crippen LogP contribution >= 0.6 is 0 Å². The van der Waals surface area contributed by atoms with E-state index in [0.29, 0.717) is 0 Å². The Hall–Kier alpha value is -0.280. The van der Waals surface area contributed by atoms with Gasteiger partial charge in [-0.1, -0.05) is 4.94 Å². The Morgan fingerprint density at radius 1 is 1.71 bits per heavy atom. The summed E-state index contributed by atoms with van der Waals surface area (Å²) < 4.78 is 0. The molecule has 0 aliphatic carbocycles. The Balaban J connectivity index is 3.14. The molecule has 0 radical (unpaired) electrons. The largest absolute Gasteiger partial charge is 0.547 e. The highest BCUT2D eigenvalue weighted by atomic mass is 17.0. The Kier molecular flexibility index (Phi) is 2.71. The number of hydrogen-bond donors (Lipinski definition) is 4. The van der Waals surface area contributed by atoms with Crippen LogP contribution in [0.2, 0.25) is 0 Å². The zero-order valence-corrected chi connectivity index (χ0v) is 3.47. The van der Waals surface area contributed by atoms with Gasteiger partial charge < -0.3 is 11.0 Å². The van der Waals surface area contributed by atoms with Crippen LogP contribution in [0.4, 0.5) is 0 Å². The van der Waals surface area contributed by atoms with Gasteiger partial charge in [0.05, 0.1) is 0 Å². The summed E-state index contributed by atoms with van der Waals surface area (Å²) in [4.78, 5) is 3.52. The summed E-state index contributed by atoms with van der Waals surface area (Å²) in [5.41, 5.74) is 0. The molecule has 44 valence electrons. The lowest BCUT2D eigenvalue weighted by Gasteiger charge is -2.21. The standard InChI is InChI=1S/H7N5O2/c1-4(2)5(6)7-3/h1,4-5H,2-3H2. The quantitative estimate of drug-likeness (QED) is 0.212. The number of nitrogens with one attached hydrogen (secondary N) is 3. The van der Waals surface area contributed by atoms with Gasteiger partial charge in [-0.3, -0.25) is 0 Å². The molecule has 0 bridgehead atoms. The van der Waals surface area contributed by atoms with Crippen LogP contribution in [-0.4, -0.2) is 0 Å². The number of rotatable bonds is 2. The van der Waals surface area contributed by atoms with E-state index in [1.165, 1.54) is 0 Å². The predicted molar refractivity (Wildman–Crippen MR) is 19.1 cm³/mol. The van der Waals surface area contributed by atoms with Crippen molar-refractivity contribution >= 4 is 0 Å². The van der Waals surface area contributed by atoms with Gasteiger partial charge in [0.1, 0.15) is 0 Å². The maximum atomic E-state index is 9.81. The third-order valence-corrected chi connectivity index (χ3v) is 0.327. The zero-order chi connectivity index (χ0) is 5.86. The van der Waals surface area contributed by atoms with Gasteiger partial charge in [0, 0.05) is 0 Å². The minimum absolute atomic E-state index is 0.692. The molecule has 7 N–H and O–H groups in total. The second kappa shape index (κ2) is 2.82. The minimum atomic E-state index is -1.01. The maximum absolute atomic E-state index is 9.81. The van der Waals surface area contributed by atoms with Crippen molar-refractivity contribution in [1.82, 2.24) is 0 Å². The van der Waals surface area contributed by atoms with E-state index in [2.05, 4.69) is 16.7 Å². The molecule has 0 aliphatic rings. The summed E-state index contributed by atoms with van der Waals surface area (Å²) in [5, 5.41) is 8.11. The van der Waals surface area contributed by atoms with Crippen molar-refractivity contribution < 1.29 is 15.5 Å². The van der Waals surface area contributed by atoms with E-state index in [4.69, 9.17) is 5.84 Å². The summed E-state index contributed by atoms with van der Waals surface area (Å²) in [6.45, 7) is 0. The molecule has 0 aromatic heterocycles. The molecule has 7 nitrogen and oxygen atoms in total. The lowest BCUT2D eigenvalue weighted by Crippen LogP contribution is -3.57. The normalized spacial score (nSPS) is 18.9. The van der Waals surface area contributed by atoms with E-state index in [-0.39, 0.29) is 0 Å². The van der Waals surface area contributed by atoms with Gasteiger partial charge >= 0.3 is 0 Å². The van der Waals surface area contributed by atoms with E-state index >= 15 is 0 Å². The minimum Gasteiger partial charge on any atom is -0.547 e. The Bertz CT molecular complexity index is 43.3. The van der Waals surface area contributed by atoms with Crippen LogP contribution in [0.3, 0.4) is 0 Å². The maximum Gasteiger partial charge on any atom is -0.0475 e. The van der Waals surface area contributed by atoms with E-state index in [1.807, 2.05) is 0 Å². The number of quaternary nitrogens is 2. The van der Waals surface area contributed by atoms with Crippen LogP contribution < -0.4 is 22.3 Å². The Morgan fingerprint density at radius 3 is 2.14 bits per heavy atom. The number of hydrogen-bond acceptors (Lipinski definition) is 4. The van der Waals surface area contributed by atoms with Crippen LogP contribution in [0.5, 0.6) is 0 Å². The van der Waals surface area contributed by atoms with Crippen molar-refractivity contribution in [2.45, 2.75) is 0 Å². The van der Waals surface area contributed by atoms with Crippen molar-refractivity contribution in [2.75, 3.05) is 0 Å². The fraction of sp³-hybridized carbons (Fsp3) is 0. The summed E-state index contributed by atoms with van der Waals surface area (Å²) in [6.07, 6.45) is 0. The fourth-order valence-corrected chi connectivity index (χ4v) is 0.0635. The molecule has 0 saturated heterocycles. The molecule has 0 aromatic rings. The predicted octanol–water partition coefficient (Wildman–Crippen LogP) is -4.18. The SMILES string of the molecule is [NH-][NH+](N)[NH+]([O-])ON. The monoisotopic (exact) mass is 109 g/mol. The van der Waals surface area contributed by atoms with Crippen LogP contribution in [0, 0.1) is 5.21 Å². The first-order chi connectivity index (χ1) is 3.18. The molecule has 0 saturated carbocycles. The molecule has 0 aromatic carbocycles.